The normalized spacial score (nSPS) is 19.9. The highest BCUT2D eigenvalue weighted by Crippen LogP contribution is 2.41. The van der Waals surface area contributed by atoms with Crippen LogP contribution in [0.2, 0.25) is 0 Å². The van der Waals surface area contributed by atoms with Crippen LogP contribution in [0.1, 0.15) is 57.8 Å². The third-order valence-electron chi connectivity index (χ3n) is 6.74. The highest BCUT2D eigenvalue weighted by molar-refractivity contribution is 5.85. The van der Waals surface area contributed by atoms with E-state index in [0.29, 0.717) is 17.4 Å². The number of aromatic nitrogens is 2. The van der Waals surface area contributed by atoms with Crippen LogP contribution in [0.15, 0.2) is 24.3 Å². The number of para-hydroxylation sites is 2. The second-order valence-corrected chi connectivity index (χ2v) is 8.82. The Labute approximate surface area is 186 Å². The minimum absolute atomic E-state index is 0. The summed E-state index contributed by atoms with van der Waals surface area (Å²) >= 11 is 0. The molecule has 1 aromatic carbocycles. The highest BCUT2D eigenvalue weighted by atomic mass is 35.5. The number of piperidine rings is 1. The fourth-order valence-electron chi connectivity index (χ4n) is 4.89. The van der Waals surface area contributed by atoms with Crippen molar-refractivity contribution in [2.24, 2.45) is 5.41 Å². The smallest absolute Gasteiger partial charge is 0.222 e. The molecule has 162 valence electrons. The number of rotatable bonds is 3. The number of halogens is 2. The molecular formula is C22H34Cl2N4O. The quantitative estimate of drug-likeness (QED) is 0.694. The molecule has 0 aliphatic carbocycles. The maximum absolute atomic E-state index is 12.0. The average Bonchev–Trinajstić information content (AvgIpc) is 2.97. The number of imidazole rings is 1. The van der Waals surface area contributed by atoms with E-state index in [2.05, 4.69) is 47.6 Å². The van der Waals surface area contributed by atoms with Gasteiger partial charge in [-0.2, -0.15) is 0 Å². The van der Waals surface area contributed by atoms with Gasteiger partial charge in [0.15, 0.2) is 0 Å². The molecule has 3 heterocycles. The number of fused-ring (bicyclic) bond motifs is 1. The lowest BCUT2D eigenvalue weighted by atomic mass is 9.73. The van der Waals surface area contributed by atoms with Gasteiger partial charge in [0.2, 0.25) is 5.91 Å². The van der Waals surface area contributed by atoms with Crippen molar-refractivity contribution in [3.63, 3.8) is 0 Å². The molecule has 1 aromatic heterocycles. The van der Waals surface area contributed by atoms with Gasteiger partial charge in [0.05, 0.1) is 17.6 Å². The van der Waals surface area contributed by atoms with Gasteiger partial charge >= 0.3 is 0 Å². The highest BCUT2D eigenvalue weighted by Gasteiger charge is 2.37. The van der Waals surface area contributed by atoms with Crippen molar-refractivity contribution < 1.29 is 4.79 Å². The number of hydrogen-bond acceptors (Lipinski definition) is 3. The molecule has 0 saturated carbocycles. The second kappa shape index (κ2) is 9.67. The maximum Gasteiger partial charge on any atom is 0.222 e. The number of nitrogens with zero attached hydrogens (tertiary/aromatic N) is 4. The molecule has 2 aromatic rings. The van der Waals surface area contributed by atoms with Gasteiger partial charge in [-0.1, -0.05) is 12.1 Å². The first kappa shape index (κ1) is 24.0. The van der Waals surface area contributed by atoms with Crippen LogP contribution in [0.25, 0.3) is 11.0 Å². The molecule has 29 heavy (non-hydrogen) atoms. The molecule has 0 N–H and O–H groups in total. The summed E-state index contributed by atoms with van der Waals surface area (Å²) in [7, 11) is 1.95. The molecule has 0 atom stereocenters. The van der Waals surface area contributed by atoms with Crippen molar-refractivity contribution in [2.45, 2.75) is 58.5 Å². The molecule has 5 nitrogen and oxygen atoms in total. The molecule has 2 saturated heterocycles. The van der Waals surface area contributed by atoms with Gasteiger partial charge in [-0.05, 0) is 70.2 Å². The Morgan fingerprint density at radius 3 is 2.38 bits per heavy atom. The lowest BCUT2D eigenvalue weighted by Gasteiger charge is -2.41. The van der Waals surface area contributed by atoms with E-state index in [0.717, 1.165) is 51.0 Å². The van der Waals surface area contributed by atoms with E-state index in [1.165, 1.54) is 24.2 Å². The van der Waals surface area contributed by atoms with Crippen LogP contribution in [-0.4, -0.2) is 51.9 Å². The summed E-state index contributed by atoms with van der Waals surface area (Å²) in [6.07, 6.45) is 5.35. The van der Waals surface area contributed by atoms with Crippen molar-refractivity contribution in [1.29, 1.82) is 0 Å². The lowest BCUT2D eigenvalue weighted by molar-refractivity contribution is -0.129. The van der Waals surface area contributed by atoms with Crippen LogP contribution in [0.4, 0.5) is 0 Å². The molecule has 0 unspecified atom stereocenters. The first-order valence-electron chi connectivity index (χ1n) is 10.4. The first-order valence-corrected chi connectivity index (χ1v) is 10.4. The van der Waals surface area contributed by atoms with Gasteiger partial charge < -0.3 is 9.47 Å². The molecular weight excluding hydrogens is 407 g/mol. The van der Waals surface area contributed by atoms with Crippen LogP contribution >= 0.6 is 24.8 Å². The zero-order chi connectivity index (χ0) is 19.0. The summed E-state index contributed by atoms with van der Waals surface area (Å²) in [5.74, 6) is 1.50. The zero-order valence-corrected chi connectivity index (χ0v) is 19.4. The van der Waals surface area contributed by atoms with Gasteiger partial charge in [-0.25, -0.2) is 4.98 Å². The molecule has 4 rings (SSSR count). The Kier molecular flexibility index (Phi) is 8.00. The van der Waals surface area contributed by atoms with E-state index in [1.807, 2.05) is 11.9 Å². The van der Waals surface area contributed by atoms with Gasteiger partial charge in [0, 0.05) is 26.1 Å². The second-order valence-electron chi connectivity index (χ2n) is 8.82. The van der Waals surface area contributed by atoms with E-state index in [1.54, 1.807) is 0 Å². The number of benzene rings is 1. The van der Waals surface area contributed by atoms with E-state index < -0.39 is 0 Å². The van der Waals surface area contributed by atoms with Gasteiger partial charge in [0.25, 0.3) is 0 Å². The monoisotopic (exact) mass is 440 g/mol. The fraction of sp³-hybridized carbons (Fsp3) is 0.636. The largest absolute Gasteiger partial charge is 0.346 e. The van der Waals surface area contributed by atoms with E-state index in [9.17, 15) is 4.79 Å². The van der Waals surface area contributed by atoms with E-state index in [4.69, 9.17) is 4.98 Å². The minimum atomic E-state index is 0. The van der Waals surface area contributed by atoms with Crippen molar-refractivity contribution in [3.8, 4) is 0 Å². The summed E-state index contributed by atoms with van der Waals surface area (Å²) in [6, 6.07) is 8.87. The zero-order valence-electron chi connectivity index (χ0n) is 17.8. The number of likely N-dealkylation sites (tertiary alicyclic amines) is 2. The summed E-state index contributed by atoms with van der Waals surface area (Å²) in [6.45, 7) is 8.53. The molecule has 2 aliphatic rings. The predicted octanol–water partition coefficient (Wildman–Crippen LogP) is 4.69. The van der Waals surface area contributed by atoms with Crippen LogP contribution in [0.3, 0.4) is 0 Å². The van der Waals surface area contributed by atoms with Gasteiger partial charge in [0.1, 0.15) is 5.82 Å². The van der Waals surface area contributed by atoms with Gasteiger partial charge in [-0.15, -0.1) is 24.8 Å². The van der Waals surface area contributed by atoms with E-state index >= 15 is 0 Å². The maximum atomic E-state index is 12.0. The lowest BCUT2D eigenvalue weighted by Crippen LogP contribution is -2.40. The van der Waals surface area contributed by atoms with Crippen molar-refractivity contribution in [1.82, 2.24) is 19.4 Å². The minimum Gasteiger partial charge on any atom is -0.346 e. The van der Waals surface area contributed by atoms with E-state index in [-0.39, 0.29) is 24.8 Å². The van der Waals surface area contributed by atoms with Crippen molar-refractivity contribution in [3.05, 3.63) is 30.1 Å². The van der Waals surface area contributed by atoms with Crippen molar-refractivity contribution in [2.75, 3.05) is 26.7 Å². The van der Waals surface area contributed by atoms with Gasteiger partial charge in [-0.3, -0.25) is 9.69 Å². The summed E-state index contributed by atoms with van der Waals surface area (Å²) in [4.78, 5) is 21.5. The predicted molar refractivity (Wildman–Crippen MR) is 123 cm³/mol. The molecule has 2 aliphatic heterocycles. The average molecular weight is 441 g/mol. The molecule has 2 fully saturated rings. The van der Waals surface area contributed by atoms with Crippen LogP contribution in [0.5, 0.6) is 0 Å². The Morgan fingerprint density at radius 2 is 1.69 bits per heavy atom. The number of carbonyl (C=O) groups excluding carboxylic acids is 1. The number of carbonyl (C=O) groups is 1. The molecule has 7 heteroatoms. The third-order valence-corrected chi connectivity index (χ3v) is 6.74. The SMILES string of the molecule is CC(C)n1c(CN2CCC3(CCC(=O)N(C)CC3)CC2)nc2ccccc21.Cl.Cl. The standard InChI is InChI=1S/C22H32N4O.2ClH/c1-17(2)26-19-7-5-4-6-18(19)23-20(26)16-25-14-11-22(12-15-25)9-8-21(27)24(3)13-10-22;;/h4-7,17H,8-16H2,1-3H3;2*1H. The Balaban J connectivity index is 0.00000150. The number of hydrogen-bond donors (Lipinski definition) is 0. The Bertz CT molecular complexity index is 827. The molecule has 1 spiro atoms. The topological polar surface area (TPSA) is 41.4 Å². The Hall–Kier alpha value is -1.30. The van der Waals surface area contributed by atoms with Crippen LogP contribution in [-0.2, 0) is 11.3 Å². The Morgan fingerprint density at radius 1 is 1.03 bits per heavy atom. The molecule has 0 radical (unpaired) electrons. The summed E-state index contributed by atoms with van der Waals surface area (Å²) < 4.78 is 2.39. The number of amides is 1. The molecule has 0 bridgehead atoms. The molecule has 1 amide bonds. The summed E-state index contributed by atoms with van der Waals surface area (Å²) in [5.41, 5.74) is 2.70. The van der Waals surface area contributed by atoms with Crippen LogP contribution in [0, 0.1) is 5.41 Å². The summed E-state index contributed by atoms with van der Waals surface area (Å²) in [5, 5.41) is 0. The van der Waals surface area contributed by atoms with Crippen molar-refractivity contribution >= 4 is 41.8 Å². The van der Waals surface area contributed by atoms with Crippen LogP contribution < -0.4 is 0 Å². The fourth-order valence-corrected chi connectivity index (χ4v) is 4.89. The first-order chi connectivity index (χ1) is 13.0. The third kappa shape index (κ3) is 4.89.